The number of pyridine rings is 1. The molecule has 24 heavy (non-hydrogen) atoms. The average Bonchev–Trinajstić information content (AvgIpc) is 3.08. The summed E-state index contributed by atoms with van der Waals surface area (Å²) < 4.78 is 4.91. The van der Waals surface area contributed by atoms with E-state index in [9.17, 15) is 9.59 Å². The zero-order valence-corrected chi connectivity index (χ0v) is 14.3. The second-order valence-electron chi connectivity index (χ2n) is 5.44. The highest BCUT2D eigenvalue weighted by Gasteiger charge is 2.21. The highest BCUT2D eigenvalue weighted by molar-refractivity contribution is 7.10. The van der Waals surface area contributed by atoms with Crippen LogP contribution in [0.5, 0.6) is 0 Å². The summed E-state index contributed by atoms with van der Waals surface area (Å²) in [7, 11) is 0. The van der Waals surface area contributed by atoms with Crippen LogP contribution in [0.25, 0.3) is 0 Å². The maximum absolute atomic E-state index is 12.3. The Kier molecular flexibility index (Phi) is 5.10. The van der Waals surface area contributed by atoms with Gasteiger partial charge in [0.25, 0.3) is 0 Å². The minimum Gasteiger partial charge on any atom is -0.462 e. The predicted molar refractivity (Wildman–Crippen MR) is 92.1 cm³/mol. The van der Waals surface area contributed by atoms with Gasteiger partial charge in [-0.1, -0.05) is 0 Å². The smallest absolute Gasteiger partial charge is 0.339 e. The van der Waals surface area contributed by atoms with Crippen LogP contribution in [0.1, 0.15) is 27.7 Å². The van der Waals surface area contributed by atoms with Crippen molar-refractivity contribution in [2.45, 2.75) is 19.9 Å². The Morgan fingerprint density at radius 1 is 1.38 bits per heavy atom. The third-order valence-corrected chi connectivity index (χ3v) is 4.88. The number of carbonyl (C=O) groups excluding carboxylic acids is 2. The van der Waals surface area contributed by atoms with Crippen LogP contribution >= 0.6 is 11.3 Å². The molecule has 0 saturated carbocycles. The van der Waals surface area contributed by atoms with Crippen molar-refractivity contribution in [1.82, 2.24) is 9.88 Å². The lowest BCUT2D eigenvalue weighted by molar-refractivity contribution is -0.130. The summed E-state index contributed by atoms with van der Waals surface area (Å²) in [4.78, 5) is 31.3. The lowest BCUT2D eigenvalue weighted by Crippen LogP contribution is -2.38. The van der Waals surface area contributed by atoms with E-state index in [4.69, 9.17) is 4.74 Å². The summed E-state index contributed by atoms with van der Waals surface area (Å²) in [5.41, 5.74) is 1.64. The first-order chi connectivity index (χ1) is 11.7. The van der Waals surface area contributed by atoms with Crippen molar-refractivity contribution in [3.8, 4) is 0 Å². The van der Waals surface area contributed by atoms with Gasteiger partial charge in [-0.15, -0.1) is 11.3 Å². The number of anilines is 1. The Labute approximate surface area is 144 Å². The molecular formula is C17H19N3O3S. The quantitative estimate of drug-likeness (QED) is 0.842. The Morgan fingerprint density at radius 3 is 3.00 bits per heavy atom. The second kappa shape index (κ2) is 7.44. The summed E-state index contributed by atoms with van der Waals surface area (Å²) in [6.07, 6.45) is 2.37. The fourth-order valence-corrected chi connectivity index (χ4v) is 3.46. The summed E-state index contributed by atoms with van der Waals surface area (Å²) in [5.74, 6) is 0.209. The van der Waals surface area contributed by atoms with Crippen molar-refractivity contribution in [3.05, 3.63) is 45.8 Å². The van der Waals surface area contributed by atoms with Crippen LogP contribution in [0.15, 0.2) is 29.8 Å². The number of fused-ring (bicyclic) bond motifs is 1. The van der Waals surface area contributed by atoms with Crippen molar-refractivity contribution >= 4 is 29.0 Å². The van der Waals surface area contributed by atoms with E-state index in [2.05, 4.69) is 21.7 Å². The molecule has 1 aliphatic rings. The van der Waals surface area contributed by atoms with E-state index in [0.717, 1.165) is 13.0 Å². The number of esters is 1. The summed E-state index contributed by atoms with van der Waals surface area (Å²) in [6, 6.07) is 5.39. The van der Waals surface area contributed by atoms with Gasteiger partial charge in [-0.05, 0) is 42.5 Å². The first-order valence-corrected chi connectivity index (χ1v) is 8.75. The number of nitrogens with zero attached hydrogens (tertiary/aromatic N) is 2. The van der Waals surface area contributed by atoms with Gasteiger partial charge >= 0.3 is 5.97 Å². The zero-order valence-electron chi connectivity index (χ0n) is 13.4. The Balaban J connectivity index is 1.52. The molecule has 0 aliphatic carbocycles. The molecule has 0 spiro atoms. The van der Waals surface area contributed by atoms with Crippen molar-refractivity contribution in [2.75, 3.05) is 25.0 Å². The van der Waals surface area contributed by atoms with E-state index in [1.165, 1.54) is 16.6 Å². The number of ether oxygens (including phenoxy) is 1. The van der Waals surface area contributed by atoms with Gasteiger partial charge in [0.15, 0.2) is 0 Å². The van der Waals surface area contributed by atoms with Crippen LogP contribution in [0.3, 0.4) is 0 Å². The lowest BCUT2D eigenvalue weighted by Gasteiger charge is -2.27. The van der Waals surface area contributed by atoms with Gasteiger partial charge in [0.05, 0.1) is 18.7 Å². The Morgan fingerprint density at radius 2 is 2.25 bits per heavy atom. The molecule has 0 radical (unpaired) electrons. The molecular weight excluding hydrogens is 326 g/mol. The highest BCUT2D eigenvalue weighted by atomic mass is 32.1. The van der Waals surface area contributed by atoms with Gasteiger partial charge < -0.3 is 15.0 Å². The van der Waals surface area contributed by atoms with Crippen LogP contribution < -0.4 is 5.32 Å². The van der Waals surface area contributed by atoms with Gasteiger partial charge in [-0.2, -0.15) is 0 Å². The zero-order chi connectivity index (χ0) is 16.9. The molecule has 126 valence electrons. The first-order valence-electron chi connectivity index (χ1n) is 7.87. The number of hydrogen-bond donors (Lipinski definition) is 1. The number of rotatable bonds is 5. The Hall–Kier alpha value is -2.41. The van der Waals surface area contributed by atoms with Crippen LogP contribution in [0.2, 0.25) is 0 Å². The number of thiophene rings is 1. The molecule has 6 nitrogen and oxygen atoms in total. The van der Waals surface area contributed by atoms with E-state index in [1.807, 2.05) is 4.90 Å². The minimum atomic E-state index is -0.396. The fraction of sp³-hybridized carbons (Fsp3) is 0.353. The highest BCUT2D eigenvalue weighted by Crippen LogP contribution is 2.23. The van der Waals surface area contributed by atoms with E-state index >= 15 is 0 Å². The molecule has 0 atom stereocenters. The summed E-state index contributed by atoms with van der Waals surface area (Å²) >= 11 is 1.76. The minimum absolute atomic E-state index is 0.0446. The average molecular weight is 345 g/mol. The van der Waals surface area contributed by atoms with Crippen LogP contribution in [-0.2, 0) is 22.5 Å². The number of aromatic nitrogens is 1. The molecule has 0 aromatic carbocycles. The van der Waals surface area contributed by atoms with Crippen molar-refractivity contribution in [2.24, 2.45) is 0 Å². The van der Waals surface area contributed by atoms with Crippen LogP contribution in [0, 0.1) is 0 Å². The van der Waals surface area contributed by atoms with Crippen LogP contribution in [0.4, 0.5) is 5.82 Å². The summed E-state index contributed by atoms with van der Waals surface area (Å²) in [5, 5.41) is 5.08. The topological polar surface area (TPSA) is 71.5 Å². The number of carbonyl (C=O) groups is 2. The van der Waals surface area contributed by atoms with Crippen molar-refractivity contribution in [1.29, 1.82) is 0 Å². The normalized spacial score (nSPS) is 13.3. The molecule has 0 saturated heterocycles. The molecule has 1 N–H and O–H groups in total. The van der Waals surface area contributed by atoms with E-state index in [-0.39, 0.29) is 12.5 Å². The number of nitrogens with one attached hydrogen (secondary N) is 1. The molecule has 0 bridgehead atoms. The number of amides is 1. The van der Waals surface area contributed by atoms with Gasteiger partial charge in [-0.3, -0.25) is 4.79 Å². The maximum Gasteiger partial charge on any atom is 0.339 e. The van der Waals surface area contributed by atoms with E-state index < -0.39 is 5.97 Å². The van der Waals surface area contributed by atoms with Gasteiger partial charge in [0.2, 0.25) is 5.91 Å². The van der Waals surface area contributed by atoms with Crippen LogP contribution in [-0.4, -0.2) is 41.5 Å². The van der Waals surface area contributed by atoms with Gasteiger partial charge in [0.1, 0.15) is 5.82 Å². The third-order valence-electron chi connectivity index (χ3n) is 3.86. The molecule has 1 amide bonds. The Bertz CT molecular complexity index is 727. The molecule has 2 aromatic rings. The van der Waals surface area contributed by atoms with Crippen molar-refractivity contribution in [3.63, 3.8) is 0 Å². The van der Waals surface area contributed by atoms with E-state index in [0.29, 0.717) is 24.5 Å². The molecule has 0 fully saturated rings. The summed E-state index contributed by atoms with van der Waals surface area (Å²) in [6.45, 7) is 3.70. The first kappa shape index (κ1) is 16.4. The molecule has 7 heteroatoms. The fourth-order valence-electron chi connectivity index (χ4n) is 2.57. The molecule has 2 aromatic heterocycles. The monoisotopic (exact) mass is 345 g/mol. The largest absolute Gasteiger partial charge is 0.462 e. The third kappa shape index (κ3) is 3.73. The molecule has 3 rings (SSSR count). The van der Waals surface area contributed by atoms with Crippen molar-refractivity contribution < 1.29 is 14.3 Å². The lowest BCUT2D eigenvalue weighted by atomic mass is 10.1. The van der Waals surface area contributed by atoms with E-state index in [1.54, 1.807) is 30.4 Å². The SMILES string of the molecule is CCOC(=O)c1ccc(NCC(=O)N2CCc3sccc3C2)nc1. The molecule has 0 unspecified atom stereocenters. The predicted octanol–water partition coefficient (Wildman–Crippen LogP) is 2.32. The molecule has 1 aliphatic heterocycles. The maximum atomic E-state index is 12.3. The molecule has 3 heterocycles. The van der Waals surface area contributed by atoms with Gasteiger partial charge in [-0.25, -0.2) is 9.78 Å². The standard InChI is InChI=1S/C17H19N3O3S/c1-2-23-17(22)12-3-4-15(18-9-12)19-10-16(21)20-7-5-14-13(11-20)6-8-24-14/h3-4,6,8-9H,2,5,7,10-11H2,1H3,(H,18,19). The second-order valence-corrected chi connectivity index (χ2v) is 6.44. The van der Waals surface area contributed by atoms with Gasteiger partial charge in [0, 0.05) is 24.2 Å². The number of hydrogen-bond acceptors (Lipinski definition) is 6.